The van der Waals surface area contributed by atoms with Crippen molar-refractivity contribution in [3.05, 3.63) is 85.2 Å². The second-order valence-corrected chi connectivity index (χ2v) is 12.0. The Labute approximate surface area is 299 Å². The number of piperazine rings is 1. The number of aromatic nitrogens is 4. The fourth-order valence-corrected chi connectivity index (χ4v) is 5.90. The van der Waals surface area contributed by atoms with Crippen molar-refractivity contribution >= 4 is 40.7 Å². The van der Waals surface area contributed by atoms with Crippen LogP contribution in [0.1, 0.15) is 31.7 Å². The summed E-state index contributed by atoms with van der Waals surface area (Å²) in [6.07, 6.45) is 8.36. The van der Waals surface area contributed by atoms with Crippen LogP contribution in [0.3, 0.4) is 0 Å². The van der Waals surface area contributed by atoms with Crippen LogP contribution in [-0.2, 0) is 19.2 Å². The molecule has 2 fully saturated rings. The molecule has 16 heteroatoms. The van der Waals surface area contributed by atoms with Crippen LogP contribution in [0.4, 0.5) is 5.82 Å². The topological polar surface area (TPSA) is 235 Å². The molecule has 1 saturated carbocycles. The molecule has 2 aliphatic rings. The minimum Gasteiger partial charge on any atom is -0.478 e. The van der Waals surface area contributed by atoms with Gasteiger partial charge in [0, 0.05) is 62.1 Å². The Kier molecular flexibility index (Phi) is 13.9. The first kappa shape index (κ1) is 38.7. The van der Waals surface area contributed by atoms with Crippen LogP contribution in [0.15, 0.2) is 85.2 Å². The van der Waals surface area contributed by atoms with Gasteiger partial charge in [0.2, 0.25) is 0 Å². The predicted molar refractivity (Wildman–Crippen MR) is 191 cm³/mol. The van der Waals surface area contributed by atoms with Gasteiger partial charge in [0.15, 0.2) is 5.65 Å². The quantitative estimate of drug-likeness (QED) is 0.154. The molecule has 6 N–H and O–H groups in total. The number of carboxylic acid groups (broad SMARTS) is 4. The highest BCUT2D eigenvalue weighted by Gasteiger charge is 2.30. The Bertz CT molecular complexity index is 1810. The van der Waals surface area contributed by atoms with Crippen LogP contribution in [0, 0.1) is 0 Å². The maximum absolute atomic E-state index is 9.55. The maximum Gasteiger partial charge on any atom is 0.328 e. The third-order valence-corrected chi connectivity index (χ3v) is 8.43. The molecule has 2 aromatic heterocycles. The zero-order valence-electron chi connectivity index (χ0n) is 28.5. The summed E-state index contributed by atoms with van der Waals surface area (Å²) in [6, 6.07) is 18.8. The van der Waals surface area contributed by atoms with Gasteiger partial charge in [-0.25, -0.2) is 33.8 Å². The molecule has 1 aliphatic carbocycles. The Morgan fingerprint density at radius 3 is 1.73 bits per heavy atom. The summed E-state index contributed by atoms with van der Waals surface area (Å²) in [5.41, 5.74) is 8.99. The molecule has 0 spiro atoms. The molecule has 0 radical (unpaired) electrons. The third-order valence-electron chi connectivity index (χ3n) is 8.43. The van der Waals surface area contributed by atoms with E-state index >= 15 is 0 Å². The Hall–Kier alpha value is -6.13. The minimum absolute atomic E-state index is 0.319. The fraction of sp³-hybridized carbons (Fsp3) is 0.306. The van der Waals surface area contributed by atoms with E-state index in [1.54, 1.807) is 6.33 Å². The summed E-state index contributed by atoms with van der Waals surface area (Å²) in [5, 5.41) is 37.2. The van der Waals surface area contributed by atoms with Crippen molar-refractivity contribution in [2.24, 2.45) is 0 Å². The average Bonchev–Trinajstić information content (AvgIpc) is 3.53. The molecular formula is C36H41N7O9. The number of nitrogens with zero attached hydrogens (tertiary/aromatic N) is 6. The Balaban J connectivity index is 0.000000317. The van der Waals surface area contributed by atoms with E-state index in [2.05, 4.69) is 31.5 Å². The fourth-order valence-electron chi connectivity index (χ4n) is 5.90. The van der Waals surface area contributed by atoms with E-state index in [0.29, 0.717) is 42.2 Å². The van der Waals surface area contributed by atoms with E-state index in [0.717, 1.165) is 46.6 Å². The van der Waals surface area contributed by atoms with Crippen molar-refractivity contribution in [1.29, 1.82) is 0 Å². The van der Waals surface area contributed by atoms with Gasteiger partial charge in [0.25, 0.3) is 0 Å². The van der Waals surface area contributed by atoms with Crippen LogP contribution in [0.5, 0.6) is 11.5 Å². The van der Waals surface area contributed by atoms with Crippen LogP contribution in [0.25, 0.3) is 22.3 Å². The smallest absolute Gasteiger partial charge is 0.328 e. The first-order chi connectivity index (χ1) is 24.9. The van der Waals surface area contributed by atoms with Gasteiger partial charge in [-0.3, -0.25) is 4.90 Å². The number of hydrogen-bond acceptors (Lipinski definition) is 11. The summed E-state index contributed by atoms with van der Waals surface area (Å²) in [4.78, 5) is 52.2. The number of hydrogen-bond donors (Lipinski definition) is 5. The van der Waals surface area contributed by atoms with Crippen molar-refractivity contribution in [2.75, 3.05) is 39.0 Å². The largest absolute Gasteiger partial charge is 0.478 e. The van der Waals surface area contributed by atoms with E-state index < -0.39 is 23.9 Å². The van der Waals surface area contributed by atoms with Crippen LogP contribution < -0.4 is 10.5 Å². The van der Waals surface area contributed by atoms with Crippen molar-refractivity contribution < 1.29 is 44.3 Å². The number of nitrogen functional groups attached to an aromatic ring is 1. The third kappa shape index (κ3) is 11.5. The van der Waals surface area contributed by atoms with Crippen LogP contribution >= 0.6 is 0 Å². The summed E-state index contributed by atoms with van der Waals surface area (Å²) >= 11 is 0. The number of carbonyl (C=O) groups is 4. The highest BCUT2D eigenvalue weighted by molar-refractivity contribution is 5.98. The molecule has 16 nitrogen and oxygen atoms in total. The highest BCUT2D eigenvalue weighted by atomic mass is 16.5. The van der Waals surface area contributed by atoms with E-state index in [1.807, 2.05) is 54.6 Å². The normalized spacial score (nSPS) is 17.9. The van der Waals surface area contributed by atoms with Crippen molar-refractivity contribution in [1.82, 2.24) is 29.5 Å². The number of nitrogens with two attached hydrogens (primary N) is 1. The summed E-state index contributed by atoms with van der Waals surface area (Å²) in [5.74, 6) is -2.97. The van der Waals surface area contributed by atoms with Gasteiger partial charge in [-0.1, -0.05) is 18.2 Å². The molecule has 0 bridgehead atoms. The molecule has 1 saturated heterocycles. The lowest BCUT2D eigenvalue weighted by molar-refractivity contribution is -0.134. The zero-order valence-corrected chi connectivity index (χ0v) is 28.5. The van der Waals surface area contributed by atoms with Crippen molar-refractivity contribution in [3.8, 4) is 22.8 Å². The maximum atomic E-state index is 9.55. The van der Waals surface area contributed by atoms with Crippen molar-refractivity contribution in [3.63, 3.8) is 0 Å². The van der Waals surface area contributed by atoms with Gasteiger partial charge in [-0.05, 0) is 69.1 Å². The average molecular weight is 716 g/mol. The van der Waals surface area contributed by atoms with Gasteiger partial charge >= 0.3 is 23.9 Å². The molecule has 274 valence electrons. The zero-order chi connectivity index (χ0) is 37.6. The van der Waals surface area contributed by atoms with Gasteiger partial charge in [-0.15, -0.1) is 0 Å². The van der Waals surface area contributed by atoms with Crippen LogP contribution in [0.2, 0.25) is 0 Å². The summed E-state index contributed by atoms with van der Waals surface area (Å²) < 4.78 is 8.07. The van der Waals surface area contributed by atoms with Gasteiger partial charge in [-0.2, -0.15) is 5.10 Å². The molecule has 52 heavy (non-hydrogen) atoms. The second kappa shape index (κ2) is 18.7. The molecule has 2 aromatic carbocycles. The lowest BCUT2D eigenvalue weighted by Crippen LogP contribution is -2.49. The number of aliphatic carboxylic acids is 4. The van der Waals surface area contributed by atoms with Crippen molar-refractivity contribution in [2.45, 2.75) is 37.8 Å². The molecule has 1 aliphatic heterocycles. The van der Waals surface area contributed by atoms with E-state index in [9.17, 15) is 19.2 Å². The number of likely N-dealkylation sites (N-methyl/N-ethyl adjacent to an activating group) is 1. The Morgan fingerprint density at radius 2 is 1.21 bits per heavy atom. The number of carboxylic acids is 4. The van der Waals surface area contributed by atoms with Crippen LogP contribution in [-0.4, -0.2) is 113 Å². The molecule has 0 amide bonds. The predicted octanol–water partition coefficient (Wildman–Crippen LogP) is 4.02. The first-order valence-corrected chi connectivity index (χ1v) is 16.4. The molecule has 4 aromatic rings. The number of fused-ring (bicyclic) bond motifs is 1. The van der Waals surface area contributed by atoms with Gasteiger partial charge in [0.1, 0.15) is 29.3 Å². The van der Waals surface area contributed by atoms with Gasteiger partial charge in [0.05, 0.1) is 11.4 Å². The van der Waals surface area contributed by atoms with Gasteiger partial charge < -0.3 is 35.8 Å². The summed E-state index contributed by atoms with van der Waals surface area (Å²) in [6.45, 7) is 4.68. The lowest BCUT2D eigenvalue weighted by atomic mass is 9.90. The molecular weight excluding hydrogens is 674 g/mol. The molecule has 3 heterocycles. The minimum atomic E-state index is -1.26. The lowest BCUT2D eigenvalue weighted by Gasteiger charge is -2.41. The number of ether oxygens (including phenoxy) is 1. The molecule has 0 atom stereocenters. The monoisotopic (exact) mass is 715 g/mol. The number of para-hydroxylation sites is 1. The number of anilines is 1. The standard InChI is InChI=1S/C28H33N7O.2C4H4O4/c1-33-15-17-34(18-16-33)21-9-11-22(12-10-21)35-28-25(27(29)30-19-31-28)26(32-35)20-7-13-24(14-8-20)36-23-5-3-2-4-6-23;2*5-3(6)1-2-4(7)8/h2-8,13-14,19,21-22H,9-12,15-18H2,1H3,(H2,29,30,31);2*1-2H,(H,5,6)(H,7,8)/b;2*2-1-. The molecule has 0 unspecified atom stereocenters. The summed E-state index contributed by atoms with van der Waals surface area (Å²) in [7, 11) is 2.21. The first-order valence-electron chi connectivity index (χ1n) is 16.4. The number of benzene rings is 2. The second-order valence-electron chi connectivity index (χ2n) is 12.0. The SMILES string of the molecule is CN1CCN(C2CCC(n3nc(-c4ccc(Oc5ccccc5)cc4)c4c(N)ncnc43)CC2)CC1.O=C(O)/C=C\C(=O)O.O=C(O)/C=C\C(=O)O. The molecule has 6 rings (SSSR count). The Morgan fingerprint density at radius 1 is 0.712 bits per heavy atom. The van der Waals surface area contributed by atoms with E-state index in [-0.39, 0.29) is 0 Å². The van der Waals surface area contributed by atoms with E-state index in [4.69, 9.17) is 36.0 Å². The highest BCUT2D eigenvalue weighted by Crippen LogP contribution is 2.37. The number of rotatable bonds is 9. The van der Waals surface area contributed by atoms with E-state index in [1.165, 1.54) is 39.0 Å².